The molecule has 1 aliphatic heterocycles. The van der Waals surface area contributed by atoms with E-state index in [1.165, 1.54) is 12.1 Å². The van der Waals surface area contributed by atoms with Gasteiger partial charge in [-0.2, -0.15) is 0 Å². The quantitative estimate of drug-likeness (QED) is 0.653. The molecule has 0 aliphatic carbocycles. The smallest absolute Gasteiger partial charge is 0.123 e. The maximum absolute atomic E-state index is 12.5. The fraction of sp³-hybridized carbons (Fsp3) is 0.111. The van der Waals surface area contributed by atoms with Gasteiger partial charge in [0, 0.05) is 6.54 Å². The van der Waals surface area contributed by atoms with Crippen molar-refractivity contribution >= 4 is 5.70 Å². The molecule has 0 saturated carbocycles. The topological polar surface area (TPSA) is 24.1 Å². The lowest BCUT2D eigenvalue weighted by Gasteiger charge is -2.02. The minimum atomic E-state index is -0.203. The van der Waals surface area contributed by atoms with Gasteiger partial charge in [0.2, 0.25) is 0 Å². The van der Waals surface area contributed by atoms with E-state index in [-0.39, 0.29) is 5.82 Å². The first-order valence-electron chi connectivity index (χ1n) is 3.81. The highest BCUT2D eigenvalue weighted by Gasteiger charge is 2.04. The SMILES string of the molecule is Fc1ccc(C2=CCNN2)cc1. The third-order valence-corrected chi connectivity index (χ3v) is 1.79. The Kier molecular flexibility index (Phi) is 1.80. The van der Waals surface area contributed by atoms with Crippen LogP contribution < -0.4 is 10.9 Å². The highest BCUT2D eigenvalue weighted by molar-refractivity contribution is 5.64. The lowest BCUT2D eigenvalue weighted by molar-refractivity contribution is 0.627. The fourth-order valence-corrected chi connectivity index (χ4v) is 1.17. The zero-order valence-corrected chi connectivity index (χ0v) is 6.47. The fourth-order valence-electron chi connectivity index (χ4n) is 1.17. The van der Waals surface area contributed by atoms with E-state index >= 15 is 0 Å². The molecule has 0 spiro atoms. The van der Waals surface area contributed by atoms with E-state index in [4.69, 9.17) is 0 Å². The van der Waals surface area contributed by atoms with Crippen LogP contribution in [-0.4, -0.2) is 6.54 Å². The van der Waals surface area contributed by atoms with Crippen LogP contribution in [0.2, 0.25) is 0 Å². The monoisotopic (exact) mass is 164 g/mol. The van der Waals surface area contributed by atoms with E-state index in [0.717, 1.165) is 17.8 Å². The Morgan fingerprint density at radius 2 is 1.92 bits per heavy atom. The Morgan fingerprint density at radius 3 is 2.50 bits per heavy atom. The van der Waals surface area contributed by atoms with E-state index in [2.05, 4.69) is 10.9 Å². The number of hydrogen-bond acceptors (Lipinski definition) is 2. The first kappa shape index (κ1) is 7.31. The molecule has 2 nitrogen and oxygen atoms in total. The van der Waals surface area contributed by atoms with Crippen LogP contribution in [0.3, 0.4) is 0 Å². The summed E-state index contributed by atoms with van der Waals surface area (Å²) in [4.78, 5) is 0. The molecule has 2 N–H and O–H groups in total. The van der Waals surface area contributed by atoms with Gasteiger partial charge in [0.05, 0.1) is 5.70 Å². The van der Waals surface area contributed by atoms with Crippen LogP contribution in [0, 0.1) is 5.82 Å². The molecular weight excluding hydrogens is 155 g/mol. The third-order valence-electron chi connectivity index (χ3n) is 1.79. The van der Waals surface area contributed by atoms with Crippen molar-refractivity contribution in [1.82, 2.24) is 10.9 Å². The van der Waals surface area contributed by atoms with Gasteiger partial charge in [-0.05, 0) is 35.9 Å². The second kappa shape index (κ2) is 2.95. The molecule has 12 heavy (non-hydrogen) atoms. The van der Waals surface area contributed by atoms with Crippen LogP contribution in [0.15, 0.2) is 30.3 Å². The molecule has 0 unspecified atom stereocenters. The van der Waals surface area contributed by atoms with Gasteiger partial charge in [-0.15, -0.1) is 0 Å². The van der Waals surface area contributed by atoms with E-state index < -0.39 is 0 Å². The predicted octanol–water partition coefficient (Wildman–Crippen LogP) is 1.27. The van der Waals surface area contributed by atoms with Crippen molar-refractivity contribution in [3.63, 3.8) is 0 Å². The highest BCUT2D eigenvalue weighted by atomic mass is 19.1. The summed E-state index contributed by atoms with van der Waals surface area (Å²) >= 11 is 0. The first-order valence-corrected chi connectivity index (χ1v) is 3.81. The largest absolute Gasteiger partial charge is 0.321 e. The molecule has 1 aromatic carbocycles. The number of benzene rings is 1. The summed E-state index contributed by atoms with van der Waals surface area (Å²) in [6.07, 6.45) is 2.02. The Morgan fingerprint density at radius 1 is 1.17 bits per heavy atom. The summed E-state index contributed by atoms with van der Waals surface area (Å²) in [6, 6.07) is 6.41. The Bertz CT molecular complexity index is 303. The van der Waals surface area contributed by atoms with Crippen LogP contribution in [0.25, 0.3) is 5.70 Å². The third kappa shape index (κ3) is 1.31. The maximum Gasteiger partial charge on any atom is 0.123 e. The summed E-state index contributed by atoms with van der Waals surface area (Å²) in [5.41, 5.74) is 7.94. The molecule has 2 rings (SSSR count). The summed E-state index contributed by atoms with van der Waals surface area (Å²) in [5, 5.41) is 0. The molecule has 1 aromatic rings. The van der Waals surface area contributed by atoms with Crippen molar-refractivity contribution in [3.8, 4) is 0 Å². The van der Waals surface area contributed by atoms with Crippen molar-refractivity contribution in [1.29, 1.82) is 0 Å². The highest BCUT2D eigenvalue weighted by Crippen LogP contribution is 2.12. The van der Waals surface area contributed by atoms with Gasteiger partial charge < -0.3 is 5.43 Å². The summed E-state index contributed by atoms with van der Waals surface area (Å²) in [7, 11) is 0. The van der Waals surface area contributed by atoms with E-state index in [9.17, 15) is 4.39 Å². The van der Waals surface area contributed by atoms with Crippen molar-refractivity contribution in [2.24, 2.45) is 0 Å². The van der Waals surface area contributed by atoms with Gasteiger partial charge in [0.25, 0.3) is 0 Å². The predicted molar refractivity (Wildman–Crippen MR) is 45.5 cm³/mol. The molecule has 0 bridgehead atoms. The minimum absolute atomic E-state index is 0.203. The number of nitrogens with one attached hydrogen (secondary N) is 2. The van der Waals surface area contributed by atoms with Gasteiger partial charge in [0.15, 0.2) is 0 Å². The number of hydrazine groups is 1. The molecule has 0 saturated heterocycles. The molecule has 0 amide bonds. The van der Waals surface area contributed by atoms with Gasteiger partial charge in [-0.1, -0.05) is 0 Å². The maximum atomic E-state index is 12.5. The number of hydrogen-bond donors (Lipinski definition) is 2. The van der Waals surface area contributed by atoms with Crippen LogP contribution in [-0.2, 0) is 0 Å². The summed E-state index contributed by atoms with van der Waals surface area (Å²) < 4.78 is 12.5. The van der Waals surface area contributed by atoms with Crippen molar-refractivity contribution in [2.75, 3.05) is 6.54 Å². The number of halogens is 1. The Hall–Kier alpha value is -1.35. The van der Waals surface area contributed by atoms with Crippen LogP contribution in [0.1, 0.15) is 5.56 Å². The van der Waals surface area contributed by atoms with Crippen LogP contribution in [0.5, 0.6) is 0 Å². The van der Waals surface area contributed by atoms with E-state index in [1.54, 1.807) is 12.1 Å². The standard InChI is InChI=1S/C9H9FN2/c10-8-3-1-7(2-4-8)9-5-6-11-12-9/h1-5,11-12H,6H2. The van der Waals surface area contributed by atoms with E-state index in [1.807, 2.05) is 6.08 Å². The second-order valence-electron chi connectivity index (χ2n) is 2.63. The molecule has 3 heteroatoms. The molecule has 62 valence electrons. The average Bonchev–Trinajstić information content (AvgIpc) is 2.58. The van der Waals surface area contributed by atoms with Crippen molar-refractivity contribution in [3.05, 3.63) is 41.7 Å². The van der Waals surface area contributed by atoms with Crippen molar-refractivity contribution in [2.45, 2.75) is 0 Å². The zero-order valence-electron chi connectivity index (χ0n) is 6.47. The van der Waals surface area contributed by atoms with Crippen LogP contribution >= 0.6 is 0 Å². The first-order chi connectivity index (χ1) is 5.86. The Labute approximate surface area is 70.1 Å². The normalized spacial score (nSPS) is 15.6. The zero-order chi connectivity index (χ0) is 8.39. The minimum Gasteiger partial charge on any atom is -0.321 e. The molecule has 1 heterocycles. The lowest BCUT2D eigenvalue weighted by atomic mass is 10.1. The summed E-state index contributed by atoms with van der Waals surface area (Å²) in [5.74, 6) is -0.203. The second-order valence-corrected chi connectivity index (χ2v) is 2.63. The van der Waals surface area contributed by atoms with Gasteiger partial charge in [0.1, 0.15) is 5.82 Å². The van der Waals surface area contributed by atoms with Gasteiger partial charge in [-0.25, -0.2) is 9.82 Å². The van der Waals surface area contributed by atoms with Gasteiger partial charge >= 0.3 is 0 Å². The molecular formula is C9H9FN2. The Balaban J connectivity index is 2.28. The molecule has 0 aromatic heterocycles. The van der Waals surface area contributed by atoms with Crippen LogP contribution in [0.4, 0.5) is 4.39 Å². The molecule has 0 fully saturated rings. The molecule has 0 radical (unpaired) electrons. The number of rotatable bonds is 1. The van der Waals surface area contributed by atoms with E-state index in [0.29, 0.717) is 0 Å². The average molecular weight is 164 g/mol. The lowest BCUT2D eigenvalue weighted by Crippen LogP contribution is -2.22. The molecule has 1 aliphatic rings. The van der Waals surface area contributed by atoms with Crippen molar-refractivity contribution < 1.29 is 4.39 Å². The summed E-state index contributed by atoms with van der Waals surface area (Å²) in [6.45, 7) is 0.812. The molecule has 0 atom stereocenters. The van der Waals surface area contributed by atoms with Gasteiger partial charge in [-0.3, -0.25) is 0 Å².